The van der Waals surface area contributed by atoms with Crippen LogP contribution in [0, 0.1) is 0 Å². The number of rotatable bonds is 5. The van der Waals surface area contributed by atoms with Gasteiger partial charge >= 0.3 is 0 Å². The fraction of sp³-hybridized carbons (Fsp3) is 0.545. The van der Waals surface area contributed by atoms with Crippen molar-refractivity contribution in [1.82, 2.24) is 4.57 Å². The molecule has 84 valence electrons. The third kappa shape index (κ3) is 3.75. The smallest absolute Gasteiger partial charge is 0.250 e. The van der Waals surface area contributed by atoms with Gasteiger partial charge in [-0.05, 0) is 19.9 Å². The molecule has 0 saturated heterocycles. The van der Waals surface area contributed by atoms with Crippen LogP contribution < -0.4 is 10.9 Å². The molecule has 0 aliphatic carbocycles. The van der Waals surface area contributed by atoms with Gasteiger partial charge in [-0.1, -0.05) is 0 Å². The Hall–Kier alpha value is -1.29. The predicted molar refractivity (Wildman–Crippen MR) is 61.3 cm³/mol. The summed E-state index contributed by atoms with van der Waals surface area (Å²) in [4.78, 5) is 11.1. The quantitative estimate of drug-likeness (QED) is 0.794. The lowest BCUT2D eigenvalue weighted by atomic mass is 10.3. The summed E-state index contributed by atoms with van der Waals surface area (Å²) in [5.41, 5.74) is 0.933. The normalized spacial score (nSPS) is 12.5. The molecule has 0 radical (unpaired) electrons. The van der Waals surface area contributed by atoms with E-state index in [0.717, 1.165) is 12.3 Å². The molecular weight excluding hydrogens is 192 g/mol. The highest BCUT2D eigenvalue weighted by atomic mass is 16.5. The maximum absolute atomic E-state index is 11.1. The second-order valence-corrected chi connectivity index (χ2v) is 3.57. The van der Waals surface area contributed by atoms with Gasteiger partial charge in [-0.2, -0.15) is 0 Å². The predicted octanol–water partition coefficient (Wildman–Crippen LogP) is 1.22. The highest BCUT2D eigenvalue weighted by Gasteiger charge is 2.02. The van der Waals surface area contributed by atoms with Gasteiger partial charge in [0, 0.05) is 32.0 Å². The van der Waals surface area contributed by atoms with Gasteiger partial charge in [-0.15, -0.1) is 0 Å². The van der Waals surface area contributed by atoms with Crippen LogP contribution in [0.2, 0.25) is 0 Å². The molecule has 0 fully saturated rings. The topological polar surface area (TPSA) is 43.3 Å². The Labute approximate surface area is 89.9 Å². The van der Waals surface area contributed by atoms with Crippen LogP contribution in [0.3, 0.4) is 0 Å². The number of hydrogen-bond donors (Lipinski definition) is 1. The average Bonchev–Trinajstić information content (AvgIpc) is 2.20. The third-order valence-corrected chi connectivity index (χ3v) is 2.07. The second-order valence-electron chi connectivity index (χ2n) is 3.57. The largest absolute Gasteiger partial charge is 0.380 e. The van der Waals surface area contributed by atoms with Crippen LogP contribution in [-0.4, -0.2) is 23.8 Å². The van der Waals surface area contributed by atoms with Crippen LogP contribution in [0.15, 0.2) is 23.1 Å². The molecule has 0 saturated carbocycles. The molecule has 1 aromatic heterocycles. The maximum atomic E-state index is 11.1. The zero-order valence-electron chi connectivity index (χ0n) is 9.49. The fourth-order valence-corrected chi connectivity index (χ4v) is 1.30. The zero-order valence-corrected chi connectivity index (χ0v) is 9.49. The Morgan fingerprint density at radius 3 is 2.87 bits per heavy atom. The highest BCUT2D eigenvalue weighted by Crippen LogP contribution is 2.04. The van der Waals surface area contributed by atoms with Crippen molar-refractivity contribution in [2.45, 2.75) is 19.9 Å². The molecule has 0 spiro atoms. The Morgan fingerprint density at radius 1 is 1.53 bits per heavy atom. The molecule has 0 aromatic carbocycles. The molecule has 4 nitrogen and oxygen atoms in total. The maximum Gasteiger partial charge on any atom is 0.250 e. The number of aryl methyl sites for hydroxylation is 1. The first kappa shape index (κ1) is 11.8. The molecule has 1 heterocycles. The number of ether oxygens (including phenoxy) is 1. The van der Waals surface area contributed by atoms with Gasteiger partial charge in [0.25, 0.3) is 0 Å². The number of aromatic nitrogens is 1. The van der Waals surface area contributed by atoms with Crippen molar-refractivity contribution in [1.29, 1.82) is 0 Å². The minimum atomic E-state index is -0.00184. The number of anilines is 1. The van der Waals surface area contributed by atoms with Gasteiger partial charge in [0.2, 0.25) is 5.56 Å². The number of nitrogens with one attached hydrogen (secondary N) is 1. The molecule has 0 aliphatic heterocycles. The Bertz CT molecular complexity index is 360. The molecule has 1 atom stereocenters. The van der Waals surface area contributed by atoms with E-state index < -0.39 is 0 Å². The molecule has 1 N–H and O–H groups in total. The fourth-order valence-electron chi connectivity index (χ4n) is 1.30. The third-order valence-electron chi connectivity index (χ3n) is 2.07. The molecule has 0 bridgehead atoms. The first-order chi connectivity index (χ1) is 7.13. The summed E-state index contributed by atoms with van der Waals surface area (Å²) in [5, 5.41) is 3.26. The van der Waals surface area contributed by atoms with Crippen LogP contribution in [0.4, 0.5) is 5.69 Å². The van der Waals surface area contributed by atoms with Crippen molar-refractivity contribution in [2.75, 3.05) is 18.5 Å². The molecule has 0 amide bonds. The molecule has 15 heavy (non-hydrogen) atoms. The van der Waals surface area contributed by atoms with Crippen LogP contribution in [0.1, 0.15) is 13.8 Å². The van der Waals surface area contributed by atoms with E-state index in [-0.39, 0.29) is 11.6 Å². The summed E-state index contributed by atoms with van der Waals surface area (Å²) < 4.78 is 6.84. The average molecular weight is 210 g/mol. The Kier molecular flexibility index (Phi) is 4.37. The Balaban J connectivity index is 2.57. The molecule has 1 aromatic rings. The van der Waals surface area contributed by atoms with Gasteiger partial charge < -0.3 is 14.6 Å². The molecular formula is C11H18N2O2. The van der Waals surface area contributed by atoms with Gasteiger partial charge in [-0.3, -0.25) is 4.79 Å². The molecule has 1 unspecified atom stereocenters. The van der Waals surface area contributed by atoms with Crippen molar-refractivity contribution in [2.24, 2.45) is 7.05 Å². The number of pyridine rings is 1. The lowest BCUT2D eigenvalue weighted by Gasteiger charge is -2.15. The van der Waals surface area contributed by atoms with Crippen LogP contribution in [-0.2, 0) is 11.8 Å². The van der Waals surface area contributed by atoms with E-state index in [4.69, 9.17) is 4.74 Å². The van der Waals surface area contributed by atoms with Crippen molar-refractivity contribution >= 4 is 5.69 Å². The van der Waals surface area contributed by atoms with Crippen LogP contribution >= 0.6 is 0 Å². The minimum absolute atomic E-state index is 0.00184. The minimum Gasteiger partial charge on any atom is -0.380 e. The highest BCUT2D eigenvalue weighted by molar-refractivity contribution is 5.41. The van der Waals surface area contributed by atoms with Gasteiger partial charge in [-0.25, -0.2) is 0 Å². The lowest BCUT2D eigenvalue weighted by molar-refractivity contribution is 0.141. The van der Waals surface area contributed by atoms with Crippen LogP contribution in [0.5, 0.6) is 0 Å². The van der Waals surface area contributed by atoms with E-state index >= 15 is 0 Å². The monoisotopic (exact) mass is 210 g/mol. The first-order valence-corrected chi connectivity index (χ1v) is 5.14. The van der Waals surface area contributed by atoms with Crippen molar-refractivity contribution in [3.8, 4) is 0 Å². The lowest BCUT2D eigenvalue weighted by Crippen LogP contribution is -2.23. The SMILES string of the molecule is CCOCC(C)Nc1ccc(=O)n(C)c1. The van der Waals surface area contributed by atoms with E-state index in [2.05, 4.69) is 5.32 Å². The summed E-state index contributed by atoms with van der Waals surface area (Å²) in [6.45, 7) is 5.40. The summed E-state index contributed by atoms with van der Waals surface area (Å²) >= 11 is 0. The molecule has 1 rings (SSSR count). The number of hydrogen-bond acceptors (Lipinski definition) is 3. The van der Waals surface area contributed by atoms with E-state index in [0.29, 0.717) is 6.61 Å². The van der Waals surface area contributed by atoms with Crippen molar-refractivity contribution in [3.05, 3.63) is 28.7 Å². The van der Waals surface area contributed by atoms with E-state index in [1.165, 1.54) is 0 Å². The summed E-state index contributed by atoms with van der Waals surface area (Å²) in [6.07, 6.45) is 1.78. The molecule has 4 heteroatoms. The van der Waals surface area contributed by atoms with Crippen LogP contribution in [0.25, 0.3) is 0 Å². The van der Waals surface area contributed by atoms with E-state index in [1.54, 1.807) is 29.9 Å². The number of nitrogens with zero attached hydrogens (tertiary/aromatic N) is 1. The zero-order chi connectivity index (χ0) is 11.3. The standard InChI is InChI=1S/C11H18N2O2/c1-4-15-8-9(2)12-10-5-6-11(14)13(3)7-10/h5-7,9,12H,4,8H2,1-3H3. The summed E-state index contributed by atoms with van der Waals surface area (Å²) in [7, 11) is 1.74. The van der Waals surface area contributed by atoms with Gasteiger partial charge in [0.1, 0.15) is 0 Å². The summed E-state index contributed by atoms with van der Waals surface area (Å²) in [5.74, 6) is 0. The Morgan fingerprint density at radius 2 is 2.27 bits per heavy atom. The second kappa shape index (κ2) is 5.56. The molecule has 0 aliphatic rings. The van der Waals surface area contributed by atoms with Crippen molar-refractivity contribution < 1.29 is 4.74 Å². The van der Waals surface area contributed by atoms with Gasteiger partial charge in [0.15, 0.2) is 0 Å². The summed E-state index contributed by atoms with van der Waals surface area (Å²) in [6, 6.07) is 3.57. The van der Waals surface area contributed by atoms with E-state index in [1.807, 2.05) is 13.8 Å². The first-order valence-electron chi connectivity index (χ1n) is 5.14. The van der Waals surface area contributed by atoms with E-state index in [9.17, 15) is 4.79 Å². The van der Waals surface area contributed by atoms with Crippen molar-refractivity contribution in [3.63, 3.8) is 0 Å². The van der Waals surface area contributed by atoms with Gasteiger partial charge in [0.05, 0.1) is 12.3 Å².